The van der Waals surface area contributed by atoms with E-state index in [1.165, 1.54) is 5.56 Å². The van der Waals surface area contributed by atoms with Crippen LogP contribution >= 0.6 is 0 Å². The minimum atomic E-state index is 0.672. The van der Waals surface area contributed by atoms with Crippen LogP contribution < -0.4 is 9.47 Å². The van der Waals surface area contributed by atoms with E-state index < -0.39 is 0 Å². The summed E-state index contributed by atoms with van der Waals surface area (Å²) in [4.78, 5) is 0. The van der Waals surface area contributed by atoms with E-state index in [1.807, 2.05) is 6.07 Å². The van der Waals surface area contributed by atoms with Gasteiger partial charge in [0.2, 0.25) is 0 Å². The van der Waals surface area contributed by atoms with Gasteiger partial charge in [0.05, 0.1) is 13.2 Å². The second-order valence-corrected chi connectivity index (χ2v) is 6.19. The summed E-state index contributed by atoms with van der Waals surface area (Å²) in [6.07, 6.45) is 3.16. The quantitative estimate of drug-likeness (QED) is 0.625. The Morgan fingerprint density at radius 1 is 0.900 bits per heavy atom. The molecule has 114 valence electrons. The van der Waals surface area contributed by atoms with E-state index in [0.29, 0.717) is 11.8 Å². The molecular weight excluding hydrogens is 248 g/mol. The fraction of sp³-hybridized carbons (Fsp3) is 0.667. The fourth-order valence-corrected chi connectivity index (χ4v) is 1.87. The highest BCUT2D eigenvalue weighted by Crippen LogP contribution is 2.26. The summed E-state index contributed by atoms with van der Waals surface area (Å²) in [7, 11) is 0. The van der Waals surface area contributed by atoms with Crippen molar-refractivity contribution in [3.05, 3.63) is 23.8 Å². The maximum absolute atomic E-state index is 5.93. The van der Waals surface area contributed by atoms with Gasteiger partial charge in [0.15, 0.2) is 0 Å². The topological polar surface area (TPSA) is 18.5 Å². The van der Waals surface area contributed by atoms with Crippen LogP contribution in [0.2, 0.25) is 0 Å². The smallest absolute Gasteiger partial charge is 0.126 e. The lowest BCUT2D eigenvalue weighted by Gasteiger charge is -2.14. The van der Waals surface area contributed by atoms with Crippen molar-refractivity contribution in [2.24, 2.45) is 11.8 Å². The van der Waals surface area contributed by atoms with Gasteiger partial charge in [-0.25, -0.2) is 0 Å². The average Bonchev–Trinajstić information content (AvgIpc) is 2.38. The molecule has 0 bridgehead atoms. The van der Waals surface area contributed by atoms with Crippen LogP contribution in [0.4, 0.5) is 0 Å². The molecule has 0 saturated carbocycles. The van der Waals surface area contributed by atoms with Crippen molar-refractivity contribution < 1.29 is 9.47 Å². The molecule has 1 aromatic carbocycles. The van der Waals surface area contributed by atoms with E-state index in [9.17, 15) is 0 Å². The van der Waals surface area contributed by atoms with Gasteiger partial charge in [-0.3, -0.25) is 0 Å². The Labute approximate surface area is 124 Å². The minimum absolute atomic E-state index is 0.672. The Balaban J connectivity index is 2.60. The Kier molecular flexibility index (Phi) is 7.50. The summed E-state index contributed by atoms with van der Waals surface area (Å²) in [6, 6.07) is 6.21. The summed E-state index contributed by atoms with van der Waals surface area (Å²) in [5.74, 6) is 3.25. The van der Waals surface area contributed by atoms with E-state index in [0.717, 1.165) is 44.0 Å². The Morgan fingerprint density at radius 3 is 2.05 bits per heavy atom. The fourth-order valence-electron chi connectivity index (χ4n) is 1.87. The molecule has 2 nitrogen and oxygen atoms in total. The third-order valence-corrected chi connectivity index (χ3v) is 3.34. The summed E-state index contributed by atoms with van der Waals surface area (Å²) < 4.78 is 11.7. The molecule has 0 amide bonds. The molecule has 0 N–H and O–H groups in total. The molecule has 0 heterocycles. The number of ether oxygens (including phenoxy) is 2. The van der Waals surface area contributed by atoms with Crippen LogP contribution in [0.25, 0.3) is 0 Å². The molecule has 0 fully saturated rings. The third-order valence-electron chi connectivity index (χ3n) is 3.34. The van der Waals surface area contributed by atoms with Gasteiger partial charge >= 0.3 is 0 Å². The first-order valence-electron chi connectivity index (χ1n) is 7.91. The summed E-state index contributed by atoms with van der Waals surface area (Å²) in [6.45, 7) is 12.6. The SMILES string of the molecule is CCc1ccc(OCCC(C)C)cc1OCCC(C)C. The molecule has 20 heavy (non-hydrogen) atoms. The second-order valence-electron chi connectivity index (χ2n) is 6.19. The van der Waals surface area contributed by atoms with E-state index >= 15 is 0 Å². The van der Waals surface area contributed by atoms with Gasteiger partial charge in [0, 0.05) is 6.07 Å². The van der Waals surface area contributed by atoms with Crippen LogP contribution in [-0.2, 0) is 6.42 Å². The molecular formula is C18H30O2. The maximum atomic E-state index is 5.93. The molecule has 0 atom stereocenters. The number of benzene rings is 1. The molecule has 1 rings (SSSR count). The first kappa shape index (κ1) is 16.9. The third kappa shape index (κ3) is 6.31. The Hall–Kier alpha value is -1.18. The number of rotatable bonds is 9. The van der Waals surface area contributed by atoms with Crippen molar-refractivity contribution in [3.8, 4) is 11.5 Å². The molecule has 0 aliphatic rings. The van der Waals surface area contributed by atoms with Gasteiger partial charge in [0.1, 0.15) is 11.5 Å². The Morgan fingerprint density at radius 2 is 1.50 bits per heavy atom. The van der Waals surface area contributed by atoms with Crippen LogP contribution in [0.15, 0.2) is 18.2 Å². The first-order valence-corrected chi connectivity index (χ1v) is 7.91. The first-order chi connectivity index (χ1) is 9.52. The van der Waals surface area contributed by atoms with E-state index in [-0.39, 0.29) is 0 Å². The highest BCUT2D eigenvalue weighted by molar-refractivity contribution is 5.40. The van der Waals surface area contributed by atoms with Crippen LogP contribution in [-0.4, -0.2) is 13.2 Å². The molecule has 0 radical (unpaired) electrons. The van der Waals surface area contributed by atoms with Gasteiger partial charge in [-0.15, -0.1) is 0 Å². The van der Waals surface area contributed by atoms with Crippen molar-refractivity contribution in [2.75, 3.05) is 13.2 Å². The van der Waals surface area contributed by atoms with Crippen molar-refractivity contribution in [2.45, 2.75) is 53.9 Å². The summed E-state index contributed by atoms with van der Waals surface area (Å²) >= 11 is 0. The predicted octanol–water partition coefficient (Wildman–Crippen LogP) is 5.10. The van der Waals surface area contributed by atoms with Crippen LogP contribution in [0.3, 0.4) is 0 Å². The maximum Gasteiger partial charge on any atom is 0.126 e. The molecule has 2 heteroatoms. The van der Waals surface area contributed by atoms with Gasteiger partial charge in [-0.05, 0) is 42.7 Å². The number of hydrogen-bond donors (Lipinski definition) is 0. The molecule has 0 aromatic heterocycles. The zero-order chi connectivity index (χ0) is 15.0. The predicted molar refractivity (Wildman–Crippen MR) is 85.7 cm³/mol. The van der Waals surface area contributed by atoms with Gasteiger partial charge in [-0.1, -0.05) is 40.7 Å². The molecule has 0 unspecified atom stereocenters. The van der Waals surface area contributed by atoms with Gasteiger partial charge in [0.25, 0.3) is 0 Å². The van der Waals surface area contributed by atoms with Crippen molar-refractivity contribution in [3.63, 3.8) is 0 Å². The zero-order valence-electron chi connectivity index (χ0n) is 13.7. The normalized spacial score (nSPS) is 11.2. The van der Waals surface area contributed by atoms with Crippen LogP contribution in [0, 0.1) is 11.8 Å². The van der Waals surface area contributed by atoms with Gasteiger partial charge < -0.3 is 9.47 Å². The van der Waals surface area contributed by atoms with Crippen molar-refractivity contribution >= 4 is 0 Å². The Bertz CT molecular complexity index is 383. The largest absolute Gasteiger partial charge is 0.493 e. The molecule has 1 aromatic rings. The number of aryl methyl sites for hydroxylation is 1. The van der Waals surface area contributed by atoms with Crippen LogP contribution in [0.5, 0.6) is 11.5 Å². The highest BCUT2D eigenvalue weighted by atomic mass is 16.5. The highest BCUT2D eigenvalue weighted by Gasteiger charge is 2.06. The molecule has 0 spiro atoms. The van der Waals surface area contributed by atoms with Crippen LogP contribution in [0.1, 0.15) is 53.0 Å². The number of hydrogen-bond acceptors (Lipinski definition) is 2. The monoisotopic (exact) mass is 278 g/mol. The lowest BCUT2D eigenvalue weighted by atomic mass is 10.1. The molecule has 0 saturated heterocycles. The standard InChI is InChI=1S/C18H30O2/c1-6-16-7-8-17(19-11-9-14(2)3)13-18(16)20-12-10-15(4)5/h7-8,13-15H,6,9-12H2,1-5H3. The van der Waals surface area contributed by atoms with E-state index in [1.54, 1.807) is 0 Å². The van der Waals surface area contributed by atoms with Gasteiger partial charge in [-0.2, -0.15) is 0 Å². The summed E-state index contributed by atoms with van der Waals surface area (Å²) in [5, 5.41) is 0. The zero-order valence-corrected chi connectivity index (χ0v) is 13.7. The lowest BCUT2D eigenvalue weighted by molar-refractivity contribution is 0.274. The summed E-state index contributed by atoms with van der Waals surface area (Å²) in [5.41, 5.74) is 1.25. The second kappa shape index (κ2) is 8.89. The van der Waals surface area contributed by atoms with E-state index in [4.69, 9.17) is 9.47 Å². The lowest BCUT2D eigenvalue weighted by Crippen LogP contribution is -2.05. The average molecular weight is 278 g/mol. The molecule has 0 aliphatic heterocycles. The molecule has 0 aliphatic carbocycles. The van der Waals surface area contributed by atoms with E-state index in [2.05, 4.69) is 46.8 Å². The minimum Gasteiger partial charge on any atom is -0.493 e. The van der Waals surface area contributed by atoms with Crippen molar-refractivity contribution in [1.29, 1.82) is 0 Å². The van der Waals surface area contributed by atoms with Crippen molar-refractivity contribution in [1.82, 2.24) is 0 Å².